The summed E-state index contributed by atoms with van der Waals surface area (Å²) in [6.07, 6.45) is 0.412. The van der Waals surface area contributed by atoms with Crippen LogP contribution in [0.3, 0.4) is 0 Å². The first-order chi connectivity index (χ1) is 13.5. The molecule has 0 bridgehead atoms. The van der Waals surface area contributed by atoms with Crippen LogP contribution in [0.4, 0.5) is 0 Å². The van der Waals surface area contributed by atoms with E-state index in [1.165, 1.54) is 0 Å². The van der Waals surface area contributed by atoms with E-state index in [4.69, 9.17) is 9.47 Å². The molecule has 1 aromatic rings. The van der Waals surface area contributed by atoms with Crippen molar-refractivity contribution in [2.45, 2.75) is 45.1 Å². The topological polar surface area (TPSA) is 52.6 Å². The Bertz CT molecular complexity index is 640. The van der Waals surface area contributed by atoms with Gasteiger partial charge in [-0.3, -0.25) is 9.59 Å². The summed E-state index contributed by atoms with van der Waals surface area (Å²) >= 11 is 3.46. The molecule has 1 aromatic carbocycles. The maximum absolute atomic E-state index is 13.0. The highest BCUT2D eigenvalue weighted by molar-refractivity contribution is 8.16. The zero-order valence-electron chi connectivity index (χ0n) is 17.2. The lowest BCUT2D eigenvalue weighted by molar-refractivity contribution is -0.172. The predicted octanol–water partition coefficient (Wildman–Crippen LogP) is 4.76. The Balaban J connectivity index is 3.27. The third-order valence-electron chi connectivity index (χ3n) is 3.95. The third-order valence-corrected chi connectivity index (χ3v) is 6.51. The Morgan fingerprint density at radius 3 is 1.96 bits per heavy atom. The molecule has 0 N–H and O–H groups in total. The van der Waals surface area contributed by atoms with Gasteiger partial charge in [-0.05, 0) is 43.9 Å². The molecule has 0 aromatic heterocycles. The smallest absolute Gasteiger partial charge is 0.324 e. The Kier molecular flexibility index (Phi) is 11.9. The second-order valence-corrected chi connectivity index (χ2v) is 9.17. The van der Waals surface area contributed by atoms with Crippen molar-refractivity contribution in [3.8, 4) is 11.8 Å². The first kappa shape index (κ1) is 24.5. The molecule has 0 aliphatic rings. The first-order valence-corrected chi connectivity index (χ1v) is 11.7. The van der Waals surface area contributed by atoms with E-state index in [2.05, 4.69) is 25.7 Å². The second-order valence-electron chi connectivity index (χ2n) is 5.91. The van der Waals surface area contributed by atoms with Crippen molar-refractivity contribution in [1.82, 2.24) is 0 Å². The number of esters is 2. The van der Waals surface area contributed by atoms with Crippen LogP contribution in [0, 0.1) is 17.3 Å². The summed E-state index contributed by atoms with van der Waals surface area (Å²) in [4.78, 5) is 25.9. The van der Waals surface area contributed by atoms with Crippen LogP contribution in [0.1, 0.15) is 46.1 Å². The number of benzene rings is 1. The third kappa shape index (κ3) is 7.44. The van der Waals surface area contributed by atoms with Crippen molar-refractivity contribution in [2.75, 3.05) is 24.7 Å². The Morgan fingerprint density at radius 1 is 0.964 bits per heavy atom. The van der Waals surface area contributed by atoms with Gasteiger partial charge in [-0.15, -0.1) is 23.5 Å². The minimum absolute atomic E-state index is 0.0740. The minimum atomic E-state index is -1.41. The molecule has 0 aliphatic carbocycles. The van der Waals surface area contributed by atoms with E-state index < -0.39 is 17.4 Å². The molecule has 0 fully saturated rings. The van der Waals surface area contributed by atoms with Crippen LogP contribution in [-0.4, -0.2) is 41.2 Å². The fraction of sp³-hybridized carbons (Fsp3) is 0.545. The summed E-state index contributed by atoms with van der Waals surface area (Å²) in [6.45, 7) is 8.03. The van der Waals surface area contributed by atoms with Crippen molar-refractivity contribution in [2.24, 2.45) is 5.41 Å². The van der Waals surface area contributed by atoms with Gasteiger partial charge in [0.1, 0.15) is 0 Å². The molecule has 0 heterocycles. The van der Waals surface area contributed by atoms with Gasteiger partial charge >= 0.3 is 11.9 Å². The van der Waals surface area contributed by atoms with E-state index in [0.29, 0.717) is 6.42 Å². The molecule has 28 heavy (non-hydrogen) atoms. The van der Waals surface area contributed by atoms with Gasteiger partial charge in [0.2, 0.25) is 0 Å². The van der Waals surface area contributed by atoms with Crippen LogP contribution < -0.4 is 0 Å². The van der Waals surface area contributed by atoms with Gasteiger partial charge in [-0.2, -0.15) is 0 Å². The molecule has 1 rings (SSSR count). The van der Waals surface area contributed by atoms with Crippen LogP contribution in [-0.2, 0) is 19.1 Å². The van der Waals surface area contributed by atoms with Gasteiger partial charge in [0.25, 0.3) is 0 Å². The van der Waals surface area contributed by atoms with E-state index in [1.54, 1.807) is 37.4 Å². The van der Waals surface area contributed by atoms with Crippen molar-refractivity contribution in [3.05, 3.63) is 35.9 Å². The van der Waals surface area contributed by atoms with Gasteiger partial charge in [-0.25, -0.2) is 0 Å². The highest BCUT2D eigenvalue weighted by atomic mass is 32.2. The predicted molar refractivity (Wildman–Crippen MR) is 118 cm³/mol. The fourth-order valence-electron chi connectivity index (χ4n) is 2.65. The molecule has 154 valence electrons. The van der Waals surface area contributed by atoms with Crippen molar-refractivity contribution < 1.29 is 19.1 Å². The lowest BCUT2D eigenvalue weighted by Gasteiger charge is -2.30. The van der Waals surface area contributed by atoms with E-state index in [1.807, 2.05) is 30.3 Å². The fourth-order valence-corrected chi connectivity index (χ4v) is 5.40. The van der Waals surface area contributed by atoms with Crippen LogP contribution in [0.15, 0.2) is 30.3 Å². The molecule has 0 saturated carbocycles. The van der Waals surface area contributed by atoms with Crippen LogP contribution in [0.5, 0.6) is 0 Å². The SMILES string of the molecule is CCOC(=O)C(CC#Cc1ccccc1)(CC(SCC)SCC)C(=O)OCC. The summed E-state index contributed by atoms with van der Waals surface area (Å²) < 4.78 is 10.7. The highest BCUT2D eigenvalue weighted by Crippen LogP contribution is 2.39. The number of hydrogen-bond donors (Lipinski definition) is 0. The zero-order valence-corrected chi connectivity index (χ0v) is 18.8. The maximum Gasteiger partial charge on any atom is 0.324 e. The highest BCUT2D eigenvalue weighted by Gasteiger charge is 2.50. The van der Waals surface area contributed by atoms with Gasteiger partial charge in [0, 0.05) is 12.0 Å². The number of thioether (sulfide) groups is 2. The molecular weight excluding hydrogens is 392 g/mol. The monoisotopic (exact) mass is 422 g/mol. The Morgan fingerprint density at radius 2 is 1.50 bits per heavy atom. The summed E-state index contributed by atoms with van der Waals surface area (Å²) in [5.41, 5.74) is -0.574. The average molecular weight is 423 g/mol. The first-order valence-electron chi connectivity index (χ1n) is 9.65. The van der Waals surface area contributed by atoms with Crippen molar-refractivity contribution >= 4 is 35.5 Å². The number of carbonyl (C=O) groups excluding carboxylic acids is 2. The van der Waals surface area contributed by atoms with Crippen LogP contribution >= 0.6 is 23.5 Å². The number of rotatable bonds is 11. The van der Waals surface area contributed by atoms with E-state index in [0.717, 1.165) is 17.1 Å². The van der Waals surface area contributed by atoms with E-state index in [9.17, 15) is 9.59 Å². The summed E-state index contributed by atoms with van der Waals surface area (Å²) in [7, 11) is 0. The Labute approximate surface area is 177 Å². The standard InChI is InChI=1S/C22H30O4S2/c1-5-25-20(23)22(21(24)26-6-2,17-19(27-7-3)28-8-4)16-12-15-18-13-10-9-11-14-18/h9-11,13-14,19H,5-8,16-17H2,1-4H3. The molecule has 0 spiro atoms. The lowest BCUT2D eigenvalue weighted by atomic mass is 9.81. The molecule has 0 unspecified atom stereocenters. The van der Waals surface area contributed by atoms with E-state index in [-0.39, 0.29) is 24.2 Å². The lowest BCUT2D eigenvalue weighted by Crippen LogP contribution is -2.43. The summed E-state index contributed by atoms with van der Waals surface area (Å²) in [6, 6.07) is 9.51. The van der Waals surface area contributed by atoms with Gasteiger partial charge in [-0.1, -0.05) is 43.9 Å². The van der Waals surface area contributed by atoms with Gasteiger partial charge in [0.15, 0.2) is 5.41 Å². The Hall–Kier alpha value is -1.58. The number of carbonyl (C=O) groups is 2. The number of hydrogen-bond acceptors (Lipinski definition) is 6. The van der Waals surface area contributed by atoms with Gasteiger partial charge < -0.3 is 9.47 Å². The molecule has 4 nitrogen and oxygen atoms in total. The molecule has 0 aliphatic heterocycles. The molecular formula is C22H30O4S2. The van der Waals surface area contributed by atoms with Gasteiger partial charge in [0.05, 0.1) is 17.8 Å². The van der Waals surface area contributed by atoms with Crippen molar-refractivity contribution in [1.29, 1.82) is 0 Å². The van der Waals surface area contributed by atoms with E-state index >= 15 is 0 Å². The number of ether oxygens (including phenoxy) is 2. The van der Waals surface area contributed by atoms with Crippen molar-refractivity contribution in [3.63, 3.8) is 0 Å². The van der Waals surface area contributed by atoms with Crippen LogP contribution in [0.2, 0.25) is 0 Å². The average Bonchev–Trinajstić information content (AvgIpc) is 2.68. The van der Waals surface area contributed by atoms with Crippen LogP contribution in [0.25, 0.3) is 0 Å². The molecule has 0 amide bonds. The summed E-state index contributed by atoms with van der Waals surface area (Å²) in [5, 5.41) is 0. The quantitative estimate of drug-likeness (QED) is 0.222. The zero-order chi connectivity index (χ0) is 20.8. The molecule has 6 heteroatoms. The largest absolute Gasteiger partial charge is 0.465 e. The molecule has 0 atom stereocenters. The normalized spacial score (nSPS) is 10.9. The minimum Gasteiger partial charge on any atom is -0.465 e. The molecule has 0 saturated heterocycles. The molecule has 0 radical (unpaired) electrons. The maximum atomic E-state index is 13.0. The summed E-state index contributed by atoms with van der Waals surface area (Å²) in [5.74, 6) is 6.79. The second kappa shape index (κ2) is 13.6.